The van der Waals surface area contributed by atoms with E-state index >= 15 is 0 Å². The van der Waals surface area contributed by atoms with Gasteiger partial charge in [-0.15, -0.1) is 0 Å². The quantitative estimate of drug-likeness (QED) is 0.652. The van der Waals surface area contributed by atoms with Crippen molar-refractivity contribution in [1.29, 1.82) is 0 Å². The number of rotatable bonds is 8. The Labute approximate surface area is 152 Å². The molecule has 1 aromatic carbocycles. The van der Waals surface area contributed by atoms with Crippen molar-refractivity contribution in [3.63, 3.8) is 0 Å². The van der Waals surface area contributed by atoms with Crippen LogP contribution in [0.3, 0.4) is 0 Å². The Kier molecular flexibility index (Phi) is 5.63. The first-order valence-electron chi connectivity index (χ1n) is 8.19. The Morgan fingerprint density at radius 1 is 1.27 bits per heavy atom. The molecule has 1 aliphatic rings. The molecular formula is C18H21NO6S. The molecule has 7 nitrogen and oxygen atoms in total. The first-order chi connectivity index (χ1) is 12.5. The first kappa shape index (κ1) is 18.5. The maximum Gasteiger partial charge on any atom is 0.213 e. The average molecular weight is 379 g/mol. The van der Waals surface area contributed by atoms with Crippen LogP contribution in [-0.4, -0.2) is 45.7 Å². The van der Waals surface area contributed by atoms with Gasteiger partial charge in [0.1, 0.15) is 28.3 Å². The zero-order valence-electron chi connectivity index (χ0n) is 14.7. The number of ether oxygens (including phenoxy) is 4. The van der Waals surface area contributed by atoms with Crippen LogP contribution in [0.5, 0.6) is 23.1 Å². The number of hydrogen-bond donors (Lipinski definition) is 0. The number of benzene rings is 1. The zero-order chi connectivity index (χ0) is 18.6. The Hall–Kier alpha value is -2.32. The van der Waals surface area contributed by atoms with E-state index < -0.39 is 9.84 Å². The summed E-state index contributed by atoms with van der Waals surface area (Å²) in [5.41, 5.74) is 0.962. The summed E-state index contributed by atoms with van der Waals surface area (Å²) in [6.07, 6.45) is 3.09. The SMILES string of the molecule is CO[C@@H]1COc2c(Oc3ccc(OCCCS(C)(=O)=O)nc3)cccc21. The first-order valence-corrected chi connectivity index (χ1v) is 10.3. The molecule has 0 spiro atoms. The van der Waals surface area contributed by atoms with Gasteiger partial charge in [-0.1, -0.05) is 12.1 Å². The maximum absolute atomic E-state index is 11.1. The molecule has 0 bridgehead atoms. The lowest BCUT2D eigenvalue weighted by Gasteiger charge is -2.10. The van der Waals surface area contributed by atoms with E-state index in [0.717, 1.165) is 5.56 Å². The van der Waals surface area contributed by atoms with Gasteiger partial charge < -0.3 is 18.9 Å². The minimum atomic E-state index is -2.97. The van der Waals surface area contributed by atoms with E-state index in [9.17, 15) is 8.42 Å². The number of pyridine rings is 1. The summed E-state index contributed by atoms with van der Waals surface area (Å²) < 4.78 is 44.5. The summed E-state index contributed by atoms with van der Waals surface area (Å²) in [4.78, 5) is 4.17. The number of hydrogen-bond acceptors (Lipinski definition) is 7. The molecule has 0 amide bonds. The molecule has 0 aliphatic carbocycles. The van der Waals surface area contributed by atoms with Crippen LogP contribution < -0.4 is 14.2 Å². The fourth-order valence-electron chi connectivity index (χ4n) is 2.60. The van der Waals surface area contributed by atoms with E-state index in [1.54, 1.807) is 25.4 Å². The van der Waals surface area contributed by atoms with Gasteiger partial charge in [0.15, 0.2) is 11.5 Å². The Morgan fingerprint density at radius 3 is 2.81 bits per heavy atom. The molecular weight excluding hydrogens is 358 g/mol. The second kappa shape index (κ2) is 7.92. The Bertz CT molecular complexity index is 850. The molecule has 1 aliphatic heterocycles. The van der Waals surface area contributed by atoms with E-state index in [0.29, 0.717) is 42.8 Å². The average Bonchev–Trinajstić information content (AvgIpc) is 3.03. The van der Waals surface area contributed by atoms with Crippen LogP contribution in [-0.2, 0) is 14.6 Å². The topological polar surface area (TPSA) is 84.0 Å². The van der Waals surface area contributed by atoms with Crippen LogP contribution in [0, 0.1) is 0 Å². The van der Waals surface area contributed by atoms with E-state index in [2.05, 4.69) is 4.98 Å². The summed E-state index contributed by atoms with van der Waals surface area (Å²) >= 11 is 0. The molecule has 0 radical (unpaired) electrons. The molecule has 0 saturated heterocycles. The second-order valence-corrected chi connectivity index (χ2v) is 8.24. The molecule has 1 aromatic heterocycles. The van der Waals surface area contributed by atoms with Gasteiger partial charge in [-0.25, -0.2) is 13.4 Å². The molecule has 8 heteroatoms. The van der Waals surface area contributed by atoms with Crippen molar-refractivity contribution in [3.8, 4) is 23.1 Å². The summed E-state index contributed by atoms with van der Waals surface area (Å²) in [6.45, 7) is 0.753. The highest BCUT2D eigenvalue weighted by Crippen LogP contribution is 2.42. The maximum atomic E-state index is 11.1. The van der Waals surface area contributed by atoms with Crippen molar-refractivity contribution in [2.75, 3.05) is 32.3 Å². The van der Waals surface area contributed by atoms with Gasteiger partial charge in [0, 0.05) is 25.0 Å². The number of methoxy groups -OCH3 is 1. The number of nitrogens with zero attached hydrogens (tertiary/aromatic N) is 1. The zero-order valence-corrected chi connectivity index (χ0v) is 15.5. The number of fused-ring (bicyclic) bond motifs is 1. The van der Waals surface area contributed by atoms with E-state index in [1.807, 2.05) is 18.2 Å². The minimum absolute atomic E-state index is 0.0885. The molecule has 2 heterocycles. The largest absolute Gasteiger partial charge is 0.486 e. The fourth-order valence-corrected chi connectivity index (χ4v) is 3.24. The highest BCUT2D eigenvalue weighted by molar-refractivity contribution is 7.90. The molecule has 1 atom stereocenters. The van der Waals surface area contributed by atoms with Crippen molar-refractivity contribution in [3.05, 3.63) is 42.1 Å². The molecule has 2 aromatic rings. The Morgan fingerprint density at radius 2 is 2.12 bits per heavy atom. The number of para-hydroxylation sites is 1. The van der Waals surface area contributed by atoms with E-state index in [1.165, 1.54) is 6.26 Å². The fraction of sp³-hybridized carbons (Fsp3) is 0.389. The van der Waals surface area contributed by atoms with Crippen molar-refractivity contribution in [2.45, 2.75) is 12.5 Å². The molecule has 0 N–H and O–H groups in total. The number of sulfone groups is 1. The standard InChI is InChI=1S/C18H21NO6S/c1-22-16-12-24-18-14(16)5-3-6-15(18)25-13-7-8-17(19-11-13)23-9-4-10-26(2,20)21/h3,5-8,11,16H,4,9-10,12H2,1-2H3/t16-/m1/s1. The van der Waals surface area contributed by atoms with Crippen molar-refractivity contribution < 1.29 is 27.4 Å². The van der Waals surface area contributed by atoms with Gasteiger partial charge in [-0.2, -0.15) is 0 Å². The third kappa shape index (κ3) is 4.64. The monoisotopic (exact) mass is 379 g/mol. The third-order valence-corrected chi connectivity index (χ3v) is 4.90. The van der Waals surface area contributed by atoms with Crippen molar-refractivity contribution in [2.24, 2.45) is 0 Å². The highest BCUT2D eigenvalue weighted by atomic mass is 32.2. The third-order valence-electron chi connectivity index (χ3n) is 3.87. The van der Waals surface area contributed by atoms with E-state index in [-0.39, 0.29) is 11.9 Å². The van der Waals surface area contributed by atoms with Gasteiger partial charge in [0.25, 0.3) is 0 Å². The smallest absolute Gasteiger partial charge is 0.213 e. The minimum Gasteiger partial charge on any atom is -0.486 e. The lowest BCUT2D eigenvalue weighted by atomic mass is 10.1. The Balaban J connectivity index is 1.59. The lowest BCUT2D eigenvalue weighted by Crippen LogP contribution is -2.08. The van der Waals surface area contributed by atoms with Crippen molar-refractivity contribution in [1.82, 2.24) is 4.98 Å². The van der Waals surface area contributed by atoms with Crippen LogP contribution >= 0.6 is 0 Å². The van der Waals surface area contributed by atoms with Crippen LogP contribution in [0.1, 0.15) is 18.1 Å². The molecule has 3 rings (SSSR count). The van der Waals surface area contributed by atoms with Crippen LogP contribution in [0.25, 0.3) is 0 Å². The van der Waals surface area contributed by atoms with Crippen LogP contribution in [0.15, 0.2) is 36.5 Å². The summed E-state index contributed by atoms with van der Waals surface area (Å²) in [7, 11) is -1.32. The van der Waals surface area contributed by atoms with Crippen molar-refractivity contribution >= 4 is 9.84 Å². The normalized spacial score (nSPS) is 16.0. The molecule has 140 valence electrons. The summed E-state index contributed by atoms with van der Waals surface area (Å²) in [5, 5.41) is 0. The van der Waals surface area contributed by atoms with Gasteiger partial charge in [-0.3, -0.25) is 0 Å². The van der Waals surface area contributed by atoms with Gasteiger partial charge in [-0.05, 0) is 18.6 Å². The summed E-state index contributed by atoms with van der Waals surface area (Å²) in [5.74, 6) is 2.34. The highest BCUT2D eigenvalue weighted by Gasteiger charge is 2.27. The van der Waals surface area contributed by atoms with Gasteiger partial charge in [0.2, 0.25) is 5.88 Å². The lowest BCUT2D eigenvalue weighted by molar-refractivity contribution is 0.0815. The summed E-state index contributed by atoms with van der Waals surface area (Å²) in [6, 6.07) is 9.09. The van der Waals surface area contributed by atoms with E-state index in [4.69, 9.17) is 18.9 Å². The predicted molar refractivity (Wildman–Crippen MR) is 95.8 cm³/mol. The number of aromatic nitrogens is 1. The van der Waals surface area contributed by atoms with Crippen LogP contribution in [0.2, 0.25) is 0 Å². The second-order valence-electron chi connectivity index (χ2n) is 5.98. The van der Waals surface area contributed by atoms with Gasteiger partial charge >= 0.3 is 0 Å². The predicted octanol–water partition coefficient (Wildman–Crippen LogP) is 2.77. The van der Waals surface area contributed by atoms with Gasteiger partial charge in [0.05, 0.1) is 18.6 Å². The molecule has 0 unspecified atom stereocenters. The molecule has 0 saturated carbocycles. The molecule has 26 heavy (non-hydrogen) atoms. The van der Waals surface area contributed by atoms with Crippen LogP contribution in [0.4, 0.5) is 0 Å². The molecule has 0 fully saturated rings.